The Morgan fingerprint density at radius 2 is 1.97 bits per heavy atom. The summed E-state index contributed by atoms with van der Waals surface area (Å²) in [5.74, 6) is 1.56. The smallest absolute Gasteiger partial charge is 0.252 e. The van der Waals surface area contributed by atoms with Gasteiger partial charge in [-0.1, -0.05) is 18.2 Å². The van der Waals surface area contributed by atoms with Crippen LogP contribution in [0.1, 0.15) is 36.8 Å². The fourth-order valence-electron chi connectivity index (χ4n) is 4.66. The molecule has 2 aliphatic rings. The molecule has 0 N–H and O–H groups in total. The largest absolute Gasteiger partial charge is 0.497 e. The number of aromatic nitrogens is 1. The molecule has 0 radical (unpaired) electrons. The second-order valence-electron chi connectivity index (χ2n) is 8.91. The molecular formula is C27H30N2O4. The van der Waals surface area contributed by atoms with E-state index in [0.717, 1.165) is 70.5 Å². The molecule has 172 valence electrons. The van der Waals surface area contributed by atoms with Gasteiger partial charge in [-0.2, -0.15) is 0 Å². The highest BCUT2D eigenvalue weighted by molar-refractivity contribution is 5.88. The van der Waals surface area contributed by atoms with Crippen molar-refractivity contribution < 1.29 is 19.0 Å². The van der Waals surface area contributed by atoms with Gasteiger partial charge in [0, 0.05) is 30.1 Å². The quantitative estimate of drug-likeness (QED) is 0.517. The van der Waals surface area contributed by atoms with E-state index in [0.29, 0.717) is 13.2 Å². The van der Waals surface area contributed by atoms with Crippen molar-refractivity contribution in [2.45, 2.75) is 51.3 Å². The number of benzene rings is 2. The van der Waals surface area contributed by atoms with Gasteiger partial charge in [0.15, 0.2) is 0 Å². The first kappa shape index (κ1) is 21.7. The van der Waals surface area contributed by atoms with Crippen molar-refractivity contribution in [2.75, 3.05) is 20.8 Å². The Kier molecular flexibility index (Phi) is 5.94. The maximum Gasteiger partial charge on any atom is 0.252 e. The number of fused-ring (bicyclic) bond motifs is 1. The van der Waals surface area contributed by atoms with Crippen LogP contribution < -0.4 is 9.47 Å². The van der Waals surface area contributed by atoms with E-state index in [1.807, 2.05) is 29.2 Å². The zero-order valence-corrected chi connectivity index (χ0v) is 19.5. The predicted molar refractivity (Wildman–Crippen MR) is 128 cm³/mol. The van der Waals surface area contributed by atoms with Gasteiger partial charge >= 0.3 is 0 Å². The van der Waals surface area contributed by atoms with Crippen molar-refractivity contribution in [3.8, 4) is 22.8 Å². The van der Waals surface area contributed by atoms with Crippen LogP contribution in [0.5, 0.6) is 11.5 Å². The molecule has 1 atom stereocenters. The van der Waals surface area contributed by atoms with Crippen LogP contribution in [-0.4, -0.2) is 48.8 Å². The lowest BCUT2D eigenvalue weighted by Crippen LogP contribution is -2.40. The van der Waals surface area contributed by atoms with E-state index in [1.165, 1.54) is 0 Å². The van der Waals surface area contributed by atoms with Crippen molar-refractivity contribution in [2.24, 2.45) is 0 Å². The highest BCUT2D eigenvalue weighted by Gasteiger charge is 2.38. The van der Waals surface area contributed by atoms with E-state index in [9.17, 15) is 4.79 Å². The second-order valence-corrected chi connectivity index (χ2v) is 8.91. The molecule has 1 amide bonds. The summed E-state index contributed by atoms with van der Waals surface area (Å²) in [6, 6.07) is 14.4. The summed E-state index contributed by atoms with van der Waals surface area (Å²) in [7, 11) is 3.31. The normalized spacial score (nSPS) is 17.8. The molecule has 0 spiro atoms. The lowest BCUT2D eigenvalue weighted by atomic mass is 10.00. The van der Waals surface area contributed by atoms with Gasteiger partial charge in [0.2, 0.25) is 0 Å². The van der Waals surface area contributed by atoms with E-state index < -0.39 is 0 Å². The molecule has 2 fully saturated rings. The van der Waals surface area contributed by atoms with Crippen LogP contribution in [0.4, 0.5) is 0 Å². The maximum absolute atomic E-state index is 13.4. The average molecular weight is 447 g/mol. The van der Waals surface area contributed by atoms with Crippen LogP contribution in [0.2, 0.25) is 0 Å². The standard InChI is InChI=1S/C27H30N2O4/c1-17-6-4-7-18-14-19(16-29(20-9-10-20)27(30)24-8-5-13-33-24)26(28-25(17)18)22-15-21(31-2)11-12-23(22)32-3/h4,6-7,11-12,14-15,20,24H,5,8-10,13,16H2,1-3H3/t24-/m0/s1. The first-order valence-corrected chi connectivity index (χ1v) is 11.6. The number of hydrogen-bond acceptors (Lipinski definition) is 5. The fraction of sp³-hybridized carbons (Fsp3) is 0.407. The number of nitrogens with zero attached hydrogens (tertiary/aromatic N) is 2. The fourth-order valence-corrected chi connectivity index (χ4v) is 4.66. The van der Waals surface area contributed by atoms with Gasteiger partial charge in [-0.3, -0.25) is 4.79 Å². The minimum atomic E-state index is -0.323. The van der Waals surface area contributed by atoms with Crippen LogP contribution in [0.25, 0.3) is 22.2 Å². The number of amides is 1. The van der Waals surface area contributed by atoms with E-state index in [2.05, 4.69) is 25.1 Å². The zero-order valence-electron chi connectivity index (χ0n) is 19.5. The molecule has 5 rings (SSSR count). The molecule has 0 bridgehead atoms. The monoisotopic (exact) mass is 446 g/mol. The molecule has 6 nitrogen and oxygen atoms in total. The Bertz CT molecular complexity index is 1180. The van der Waals surface area contributed by atoms with Gasteiger partial charge in [-0.15, -0.1) is 0 Å². The highest BCUT2D eigenvalue weighted by atomic mass is 16.5. The molecule has 1 aliphatic carbocycles. The molecule has 2 heterocycles. The molecule has 1 saturated carbocycles. The first-order valence-electron chi connectivity index (χ1n) is 11.6. The van der Waals surface area contributed by atoms with Gasteiger partial charge < -0.3 is 19.1 Å². The SMILES string of the molecule is COc1ccc(OC)c(-c2nc3c(C)cccc3cc2CN(C(=O)[C@@H]2CCCO2)C2CC2)c1. The van der Waals surface area contributed by atoms with Crippen LogP contribution in [0, 0.1) is 6.92 Å². The van der Waals surface area contributed by atoms with Crippen molar-refractivity contribution in [1.29, 1.82) is 0 Å². The Balaban J connectivity index is 1.64. The zero-order chi connectivity index (χ0) is 22.9. The van der Waals surface area contributed by atoms with Gasteiger partial charge in [0.25, 0.3) is 5.91 Å². The number of rotatable bonds is 7. The van der Waals surface area contributed by atoms with Crippen molar-refractivity contribution in [1.82, 2.24) is 9.88 Å². The third kappa shape index (κ3) is 4.27. The number of carbonyl (C=O) groups is 1. The molecule has 2 aromatic carbocycles. The van der Waals surface area contributed by atoms with Crippen LogP contribution >= 0.6 is 0 Å². The summed E-state index contributed by atoms with van der Waals surface area (Å²) in [4.78, 5) is 20.5. The van der Waals surface area contributed by atoms with E-state index in [4.69, 9.17) is 19.2 Å². The number of pyridine rings is 1. The van der Waals surface area contributed by atoms with Crippen LogP contribution in [-0.2, 0) is 16.1 Å². The minimum Gasteiger partial charge on any atom is -0.497 e. The Morgan fingerprint density at radius 3 is 2.67 bits per heavy atom. The molecular weight excluding hydrogens is 416 g/mol. The van der Waals surface area contributed by atoms with E-state index in [1.54, 1.807) is 14.2 Å². The summed E-state index contributed by atoms with van der Waals surface area (Å²) in [6.07, 6.45) is 3.49. The molecule has 0 unspecified atom stereocenters. The van der Waals surface area contributed by atoms with E-state index in [-0.39, 0.29) is 18.1 Å². The van der Waals surface area contributed by atoms with Gasteiger partial charge in [0.05, 0.1) is 25.4 Å². The molecule has 1 aromatic heterocycles. The Hall–Kier alpha value is -3.12. The molecule has 33 heavy (non-hydrogen) atoms. The minimum absolute atomic E-state index is 0.0999. The predicted octanol–water partition coefficient (Wildman–Crippen LogP) is 4.90. The number of methoxy groups -OCH3 is 2. The van der Waals surface area contributed by atoms with Crippen molar-refractivity contribution in [3.63, 3.8) is 0 Å². The van der Waals surface area contributed by atoms with Crippen molar-refractivity contribution in [3.05, 3.63) is 53.6 Å². The summed E-state index contributed by atoms with van der Waals surface area (Å²) in [5, 5.41) is 1.07. The van der Waals surface area contributed by atoms with Crippen molar-refractivity contribution >= 4 is 16.8 Å². The third-order valence-corrected chi connectivity index (χ3v) is 6.60. The second kappa shape index (κ2) is 9.02. The Labute approximate surface area is 194 Å². The number of ether oxygens (including phenoxy) is 3. The van der Waals surface area contributed by atoms with Crippen LogP contribution in [0.15, 0.2) is 42.5 Å². The third-order valence-electron chi connectivity index (χ3n) is 6.60. The van der Waals surface area contributed by atoms with Crippen LogP contribution in [0.3, 0.4) is 0 Å². The number of aryl methyl sites for hydroxylation is 1. The molecule has 1 saturated heterocycles. The summed E-state index contributed by atoms with van der Waals surface area (Å²) in [5.41, 5.74) is 4.73. The maximum atomic E-state index is 13.4. The first-order chi connectivity index (χ1) is 16.1. The molecule has 1 aliphatic heterocycles. The summed E-state index contributed by atoms with van der Waals surface area (Å²) >= 11 is 0. The lowest BCUT2D eigenvalue weighted by molar-refractivity contribution is -0.142. The van der Waals surface area contributed by atoms with Gasteiger partial charge in [0.1, 0.15) is 17.6 Å². The highest BCUT2D eigenvalue weighted by Crippen LogP contribution is 2.38. The Morgan fingerprint density at radius 1 is 1.12 bits per heavy atom. The molecule has 6 heteroatoms. The molecule has 3 aromatic rings. The average Bonchev–Trinajstić information content (AvgIpc) is 3.53. The number of hydrogen-bond donors (Lipinski definition) is 0. The van der Waals surface area contributed by atoms with Gasteiger partial charge in [-0.05, 0) is 68.0 Å². The number of carbonyl (C=O) groups excluding carboxylic acids is 1. The number of para-hydroxylation sites is 1. The lowest BCUT2D eigenvalue weighted by Gasteiger charge is -2.26. The summed E-state index contributed by atoms with van der Waals surface area (Å²) in [6.45, 7) is 3.23. The summed E-state index contributed by atoms with van der Waals surface area (Å²) < 4.78 is 16.9. The van der Waals surface area contributed by atoms with Gasteiger partial charge in [-0.25, -0.2) is 4.98 Å². The topological polar surface area (TPSA) is 60.9 Å². The van der Waals surface area contributed by atoms with E-state index >= 15 is 0 Å².